The van der Waals surface area contributed by atoms with Gasteiger partial charge in [-0.05, 0) is 60.8 Å². The molecule has 1 aliphatic carbocycles. The van der Waals surface area contributed by atoms with Gasteiger partial charge in [0.2, 0.25) is 11.8 Å². The Balaban J connectivity index is 1.29. The molecule has 0 spiro atoms. The van der Waals surface area contributed by atoms with Gasteiger partial charge in [0.15, 0.2) is 0 Å². The molecule has 1 fully saturated rings. The van der Waals surface area contributed by atoms with E-state index in [4.69, 9.17) is 0 Å². The summed E-state index contributed by atoms with van der Waals surface area (Å²) < 4.78 is 0. The molecule has 1 atom stereocenters. The summed E-state index contributed by atoms with van der Waals surface area (Å²) >= 11 is 0. The summed E-state index contributed by atoms with van der Waals surface area (Å²) in [6.07, 6.45) is 9.63. The van der Waals surface area contributed by atoms with Crippen LogP contribution >= 0.6 is 0 Å². The van der Waals surface area contributed by atoms with E-state index in [1.807, 2.05) is 30.1 Å². The number of benzene rings is 2. The first kappa shape index (κ1) is 20.6. The summed E-state index contributed by atoms with van der Waals surface area (Å²) in [5, 5.41) is 2.38. The second-order valence-electron chi connectivity index (χ2n) is 8.69. The third-order valence-corrected chi connectivity index (χ3v) is 6.57. The van der Waals surface area contributed by atoms with Crippen molar-refractivity contribution in [2.75, 3.05) is 13.6 Å². The Morgan fingerprint density at radius 3 is 2.73 bits per heavy atom. The van der Waals surface area contributed by atoms with Gasteiger partial charge in [0.1, 0.15) is 0 Å². The van der Waals surface area contributed by atoms with Gasteiger partial charge in [0.25, 0.3) is 0 Å². The van der Waals surface area contributed by atoms with Crippen LogP contribution in [0.4, 0.5) is 0 Å². The zero-order valence-corrected chi connectivity index (χ0v) is 18.0. The number of likely N-dealkylation sites (tertiary alicyclic amines) is 1. The highest BCUT2D eigenvalue weighted by molar-refractivity contribution is 5.86. The van der Waals surface area contributed by atoms with Gasteiger partial charge < -0.3 is 9.80 Å². The molecule has 0 aromatic heterocycles. The number of carbonyl (C=O) groups is 2. The van der Waals surface area contributed by atoms with Crippen molar-refractivity contribution in [2.45, 2.75) is 57.9 Å². The Bertz CT molecular complexity index is 944. The van der Waals surface area contributed by atoms with E-state index in [9.17, 15) is 9.59 Å². The molecule has 0 saturated carbocycles. The smallest absolute Gasteiger partial charge is 0.226 e. The maximum Gasteiger partial charge on any atom is 0.226 e. The van der Waals surface area contributed by atoms with Crippen LogP contribution in [-0.4, -0.2) is 35.2 Å². The second kappa shape index (κ2) is 9.46. The molecular formula is C26H32N2O2. The van der Waals surface area contributed by atoms with E-state index in [0.717, 1.165) is 24.9 Å². The molecule has 0 bridgehead atoms. The van der Waals surface area contributed by atoms with E-state index in [0.29, 0.717) is 31.7 Å². The van der Waals surface area contributed by atoms with Crippen LogP contribution in [0.3, 0.4) is 0 Å². The minimum Gasteiger partial charge on any atom is -0.341 e. The van der Waals surface area contributed by atoms with E-state index in [-0.39, 0.29) is 11.8 Å². The van der Waals surface area contributed by atoms with Crippen molar-refractivity contribution in [3.63, 3.8) is 0 Å². The van der Waals surface area contributed by atoms with Gasteiger partial charge in [-0.1, -0.05) is 48.5 Å². The van der Waals surface area contributed by atoms with Crippen molar-refractivity contribution in [3.8, 4) is 0 Å². The normalized spacial score (nSPS) is 18.6. The highest BCUT2D eigenvalue weighted by Gasteiger charge is 2.29. The molecule has 0 N–H and O–H groups in total. The van der Waals surface area contributed by atoms with Crippen LogP contribution in [0.5, 0.6) is 0 Å². The van der Waals surface area contributed by atoms with Crippen LogP contribution in [-0.2, 0) is 16.1 Å². The Morgan fingerprint density at radius 2 is 1.83 bits per heavy atom. The second-order valence-corrected chi connectivity index (χ2v) is 8.69. The Labute approximate surface area is 179 Å². The van der Waals surface area contributed by atoms with E-state index in [2.05, 4.69) is 30.3 Å². The van der Waals surface area contributed by atoms with Crippen molar-refractivity contribution in [1.82, 2.24) is 9.80 Å². The molecule has 1 unspecified atom stereocenters. The minimum atomic E-state index is 0.101. The van der Waals surface area contributed by atoms with E-state index >= 15 is 0 Å². The largest absolute Gasteiger partial charge is 0.341 e. The molecule has 1 heterocycles. The number of hydrogen-bond acceptors (Lipinski definition) is 2. The predicted octanol–water partition coefficient (Wildman–Crippen LogP) is 5.27. The number of allylic oxidation sites excluding steroid dienone is 2. The third kappa shape index (κ3) is 4.58. The van der Waals surface area contributed by atoms with Gasteiger partial charge in [0, 0.05) is 38.7 Å². The molecule has 4 heteroatoms. The number of carbonyl (C=O) groups excluding carboxylic acids is 2. The van der Waals surface area contributed by atoms with Crippen molar-refractivity contribution in [2.24, 2.45) is 5.92 Å². The first-order valence-corrected chi connectivity index (χ1v) is 11.3. The standard InChI is InChI=1S/C26H32N2O2/c1-27(19-22-12-6-11-20-9-2-4-14-23(20)22)25(29)16-7-17-26(30)28-18-8-13-21-10-3-5-15-24(21)28/h2,4,6,9,11-12,14-15,21H,3,5,7-8,10,13,16-19H2,1H3. The Morgan fingerprint density at radius 1 is 1.03 bits per heavy atom. The quantitative estimate of drug-likeness (QED) is 0.658. The number of nitrogens with zero attached hydrogens (tertiary/aromatic N) is 2. The Kier molecular flexibility index (Phi) is 6.51. The molecule has 1 aliphatic heterocycles. The van der Waals surface area contributed by atoms with Crippen LogP contribution in [0.25, 0.3) is 10.8 Å². The van der Waals surface area contributed by atoms with Crippen molar-refractivity contribution < 1.29 is 9.59 Å². The lowest BCUT2D eigenvalue weighted by atomic mass is 9.85. The SMILES string of the molecule is CN(Cc1cccc2ccccc12)C(=O)CCCC(=O)N1CCCC2CCCC=C21. The molecular weight excluding hydrogens is 372 g/mol. The molecule has 4 rings (SSSR count). The molecule has 2 amide bonds. The molecule has 2 aromatic carbocycles. The van der Waals surface area contributed by atoms with Gasteiger partial charge in [-0.15, -0.1) is 0 Å². The monoisotopic (exact) mass is 404 g/mol. The molecule has 1 saturated heterocycles. The van der Waals surface area contributed by atoms with Crippen LogP contribution in [0.1, 0.15) is 56.9 Å². The van der Waals surface area contributed by atoms with Gasteiger partial charge in [0.05, 0.1) is 0 Å². The molecule has 4 nitrogen and oxygen atoms in total. The summed E-state index contributed by atoms with van der Waals surface area (Å²) in [7, 11) is 1.86. The zero-order valence-electron chi connectivity index (χ0n) is 18.0. The van der Waals surface area contributed by atoms with Gasteiger partial charge in [-0.25, -0.2) is 0 Å². The number of rotatable bonds is 6. The average Bonchev–Trinajstić information content (AvgIpc) is 2.78. The Hall–Kier alpha value is -2.62. The predicted molar refractivity (Wildman–Crippen MR) is 121 cm³/mol. The molecule has 0 radical (unpaired) electrons. The van der Waals surface area contributed by atoms with E-state index < -0.39 is 0 Å². The first-order valence-electron chi connectivity index (χ1n) is 11.3. The lowest BCUT2D eigenvalue weighted by Crippen LogP contribution is -2.39. The van der Waals surface area contributed by atoms with Crippen LogP contribution in [0.2, 0.25) is 0 Å². The first-order chi connectivity index (χ1) is 14.6. The van der Waals surface area contributed by atoms with Crippen LogP contribution < -0.4 is 0 Å². The van der Waals surface area contributed by atoms with Gasteiger partial charge >= 0.3 is 0 Å². The number of piperidine rings is 1. The fourth-order valence-corrected chi connectivity index (χ4v) is 4.94. The summed E-state index contributed by atoms with van der Waals surface area (Å²) in [4.78, 5) is 29.3. The van der Waals surface area contributed by atoms with Crippen molar-refractivity contribution in [1.29, 1.82) is 0 Å². The zero-order chi connectivity index (χ0) is 20.9. The van der Waals surface area contributed by atoms with E-state index in [1.54, 1.807) is 4.90 Å². The fraction of sp³-hybridized carbons (Fsp3) is 0.462. The van der Waals surface area contributed by atoms with Crippen LogP contribution in [0.15, 0.2) is 54.2 Å². The highest BCUT2D eigenvalue weighted by atomic mass is 16.2. The lowest BCUT2D eigenvalue weighted by molar-refractivity contribution is -0.132. The number of fused-ring (bicyclic) bond motifs is 2. The third-order valence-electron chi connectivity index (χ3n) is 6.57. The lowest BCUT2D eigenvalue weighted by Gasteiger charge is -2.38. The van der Waals surface area contributed by atoms with Crippen molar-refractivity contribution in [3.05, 3.63) is 59.8 Å². The number of hydrogen-bond donors (Lipinski definition) is 0. The topological polar surface area (TPSA) is 40.6 Å². The summed E-state index contributed by atoms with van der Waals surface area (Å²) in [5.41, 5.74) is 2.42. The average molecular weight is 405 g/mol. The fourth-order valence-electron chi connectivity index (χ4n) is 4.94. The molecule has 2 aromatic rings. The summed E-state index contributed by atoms with van der Waals surface area (Å²) in [6, 6.07) is 14.5. The van der Waals surface area contributed by atoms with Crippen molar-refractivity contribution >= 4 is 22.6 Å². The minimum absolute atomic E-state index is 0.101. The van der Waals surface area contributed by atoms with Crippen LogP contribution in [0, 0.1) is 5.92 Å². The molecule has 30 heavy (non-hydrogen) atoms. The van der Waals surface area contributed by atoms with Gasteiger partial charge in [-0.3, -0.25) is 9.59 Å². The highest BCUT2D eigenvalue weighted by Crippen LogP contribution is 2.35. The van der Waals surface area contributed by atoms with Gasteiger partial charge in [-0.2, -0.15) is 0 Å². The maximum absolute atomic E-state index is 12.8. The molecule has 2 aliphatic rings. The maximum atomic E-state index is 12.8. The summed E-state index contributed by atoms with van der Waals surface area (Å²) in [5.74, 6) is 0.867. The number of amides is 2. The summed E-state index contributed by atoms with van der Waals surface area (Å²) in [6.45, 7) is 1.44. The van der Waals surface area contributed by atoms with E-state index in [1.165, 1.54) is 35.7 Å². The molecule has 158 valence electrons.